The highest BCUT2D eigenvalue weighted by Gasteiger charge is 2.30. The summed E-state index contributed by atoms with van der Waals surface area (Å²) in [6.07, 6.45) is -4.37. The second-order valence-corrected chi connectivity index (χ2v) is 4.95. The Labute approximate surface area is 117 Å². The normalized spacial score (nSPS) is 11.4. The van der Waals surface area contributed by atoms with Gasteiger partial charge in [0.2, 0.25) is 0 Å². The molecule has 0 spiro atoms. The summed E-state index contributed by atoms with van der Waals surface area (Å²) in [6, 6.07) is 10.1. The summed E-state index contributed by atoms with van der Waals surface area (Å²) < 4.78 is 44.1. The molecule has 0 unspecified atom stereocenters. The molecule has 0 bridgehead atoms. The molecule has 0 aliphatic carbocycles. The lowest BCUT2D eigenvalue weighted by atomic mass is 10.2. The van der Waals surface area contributed by atoms with Crippen molar-refractivity contribution >= 4 is 15.9 Å². The highest BCUT2D eigenvalue weighted by molar-refractivity contribution is 9.10. The van der Waals surface area contributed by atoms with Gasteiger partial charge in [0.05, 0.1) is 5.56 Å². The molecule has 0 heterocycles. The van der Waals surface area contributed by atoms with Gasteiger partial charge in [-0.3, -0.25) is 0 Å². The first-order valence-corrected chi connectivity index (χ1v) is 6.27. The molecule has 0 saturated heterocycles. The number of ether oxygens (including phenoxy) is 1. The first-order valence-electron chi connectivity index (χ1n) is 5.47. The van der Waals surface area contributed by atoms with Gasteiger partial charge in [-0.05, 0) is 48.9 Å². The Morgan fingerprint density at radius 1 is 1.05 bits per heavy atom. The Hall–Kier alpha value is -1.49. The zero-order valence-electron chi connectivity index (χ0n) is 9.96. The average Bonchev–Trinajstić information content (AvgIpc) is 2.32. The molecule has 0 aliphatic heterocycles. The maximum absolute atomic E-state index is 12.6. The predicted molar refractivity (Wildman–Crippen MR) is 70.4 cm³/mol. The maximum atomic E-state index is 12.6. The van der Waals surface area contributed by atoms with Gasteiger partial charge in [0.25, 0.3) is 0 Å². The van der Waals surface area contributed by atoms with Crippen LogP contribution >= 0.6 is 15.9 Å². The summed E-state index contributed by atoms with van der Waals surface area (Å²) in [5.41, 5.74) is 0.117. The second kappa shape index (κ2) is 5.25. The van der Waals surface area contributed by atoms with Crippen LogP contribution in [0.3, 0.4) is 0 Å². The van der Waals surface area contributed by atoms with Crippen LogP contribution in [0.25, 0.3) is 0 Å². The van der Waals surface area contributed by atoms with E-state index in [1.54, 1.807) is 12.1 Å². The van der Waals surface area contributed by atoms with Gasteiger partial charge >= 0.3 is 6.18 Å². The molecule has 2 aromatic carbocycles. The van der Waals surface area contributed by atoms with Crippen molar-refractivity contribution in [3.8, 4) is 11.5 Å². The minimum absolute atomic E-state index is 0.167. The third-order valence-electron chi connectivity index (χ3n) is 2.53. The van der Waals surface area contributed by atoms with E-state index in [0.717, 1.165) is 22.2 Å². The minimum atomic E-state index is -4.37. The number of rotatable bonds is 2. The molecule has 5 heteroatoms. The Morgan fingerprint density at radius 3 is 2.42 bits per heavy atom. The smallest absolute Gasteiger partial charge is 0.416 e. The van der Waals surface area contributed by atoms with Crippen molar-refractivity contribution in [3.05, 3.63) is 58.1 Å². The number of hydrogen-bond acceptors (Lipinski definition) is 1. The van der Waals surface area contributed by atoms with Crippen LogP contribution in [0.5, 0.6) is 11.5 Å². The van der Waals surface area contributed by atoms with Gasteiger partial charge in [-0.25, -0.2) is 0 Å². The quantitative estimate of drug-likeness (QED) is 0.699. The standard InChI is InChI=1S/C14H10BrF3O/c1-9-7-11(15)5-6-13(9)19-12-4-2-3-10(8-12)14(16,17)18/h2-8H,1H3. The van der Waals surface area contributed by atoms with Crippen molar-refractivity contribution in [1.29, 1.82) is 0 Å². The van der Waals surface area contributed by atoms with E-state index >= 15 is 0 Å². The summed E-state index contributed by atoms with van der Waals surface area (Å²) in [5.74, 6) is 0.697. The number of halogens is 4. The van der Waals surface area contributed by atoms with Crippen LogP contribution in [-0.2, 0) is 6.18 Å². The van der Waals surface area contributed by atoms with Crippen LogP contribution in [0, 0.1) is 6.92 Å². The van der Waals surface area contributed by atoms with E-state index < -0.39 is 11.7 Å². The van der Waals surface area contributed by atoms with Gasteiger partial charge in [0.15, 0.2) is 0 Å². The Bertz CT molecular complexity index is 593. The number of hydrogen-bond donors (Lipinski definition) is 0. The van der Waals surface area contributed by atoms with E-state index in [1.807, 2.05) is 13.0 Å². The molecule has 0 saturated carbocycles. The molecular formula is C14H10BrF3O. The molecule has 0 N–H and O–H groups in total. The van der Waals surface area contributed by atoms with Crippen molar-refractivity contribution in [2.45, 2.75) is 13.1 Å². The Morgan fingerprint density at radius 2 is 1.79 bits per heavy atom. The highest BCUT2D eigenvalue weighted by atomic mass is 79.9. The molecule has 0 amide bonds. The second-order valence-electron chi connectivity index (χ2n) is 4.04. The molecule has 0 radical (unpaired) electrons. The first kappa shape index (κ1) is 13.9. The van der Waals surface area contributed by atoms with Gasteiger partial charge in [0.1, 0.15) is 11.5 Å². The van der Waals surface area contributed by atoms with Gasteiger partial charge in [-0.15, -0.1) is 0 Å². The fourth-order valence-electron chi connectivity index (χ4n) is 1.59. The van der Waals surface area contributed by atoms with Crippen LogP contribution in [0.15, 0.2) is 46.9 Å². The lowest BCUT2D eigenvalue weighted by molar-refractivity contribution is -0.137. The van der Waals surface area contributed by atoms with E-state index in [4.69, 9.17) is 4.74 Å². The lowest BCUT2D eigenvalue weighted by Crippen LogP contribution is -2.04. The SMILES string of the molecule is Cc1cc(Br)ccc1Oc1cccc(C(F)(F)F)c1. The molecule has 19 heavy (non-hydrogen) atoms. The van der Waals surface area contributed by atoms with Gasteiger partial charge in [-0.1, -0.05) is 22.0 Å². The topological polar surface area (TPSA) is 9.23 Å². The van der Waals surface area contributed by atoms with Crippen molar-refractivity contribution in [3.63, 3.8) is 0 Å². The molecule has 2 rings (SSSR count). The number of alkyl halides is 3. The third-order valence-corrected chi connectivity index (χ3v) is 3.02. The third kappa shape index (κ3) is 3.50. The van der Waals surface area contributed by atoms with Gasteiger partial charge in [0, 0.05) is 4.47 Å². The molecule has 0 atom stereocenters. The molecule has 100 valence electrons. The fourth-order valence-corrected chi connectivity index (χ4v) is 2.07. The number of aryl methyl sites for hydroxylation is 1. The molecule has 1 nitrogen and oxygen atoms in total. The molecule has 0 aliphatic rings. The first-order chi connectivity index (χ1) is 8.86. The predicted octanol–water partition coefficient (Wildman–Crippen LogP) is 5.57. The van der Waals surface area contributed by atoms with Crippen LogP contribution in [-0.4, -0.2) is 0 Å². The monoisotopic (exact) mass is 330 g/mol. The summed E-state index contributed by atoms with van der Waals surface area (Å²) in [5, 5.41) is 0. The largest absolute Gasteiger partial charge is 0.457 e. The maximum Gasteiger partial charge on any atom is 0.416 e. The highest BCUT2D eigenvalue weighted by Crippen LogP contribution is 2.33. The zero-order chi connectivity index (χ0) is 14.0. The average molecular weight is 331 g/mol. The van der Waals surface area contributed by atoms with Crippen molar-refractivity contribution in [1.82, 2.24) is 0 Å². The molecule has 0 fully saturated rings. The van der Waals surface area contributed by atoms with Crippen molar-refractivity contribution in [2.24, 2.45) is 0 Å². The molecule has 0 aromatic heterocycles. The summed E-state index contributed by atoms with van der Waals surface area (Å²) in [4.78, 5) is 0. The fraction of sp³-hybridized carbons (Fsp3) is 0.143. The molecular weight excluding hydrogens is 321 g/mol. The summed E-state index contributed by atoms with van der Waals surface area (Å²) in [6.45, 7) is 1.83. The van der Waals surface area contributed by atoms with Crippen LogP contribution in [0.4, 0.5) is 13.2 Å². The summed E-state index contributed by atoms with van der Waals surface area (Å²) in [7, 11) is 0. The lowest BCUT2D eigenvalue weighted by Gasteiger charge is -2.11. The Balaban J connectivity index is 2.29. The van der Waals surface area contributed by atoms with Crippen molar-refractivity contribution in [2.75, 3.05) is 0 Å². The van der Waals surface area contributed by atoms with Crippen molar-refractivity contribution < 1.29 is 17.9 Å². The van der Waals surface area contributed by atoms with Crippen LogP contribution in [0.1, 0.15) is 11.1 Å². The Kier molecular flexibility index (Phi) is 3.85. The van der Waals surface area contributed by atoms with E-state index in [-0.39, 0.29) is 5.75 Å². The van der Waals surface area contributed by atoms with E-state index in [1.165, 1.54) is 12.1 Å². The van der Waals surface area contributed by atoms with Gasteiger partial charge in [-0.2, -0.15) is 13.2 Å². The van der Waals surface area contributed by atoms with E-state index in [2.05, 4.69) is 15.9 Å². The van der Waals surface area contributed by atoms with E-state index in [9.17, 15) is 13.2 Å². The van der Waals surface area contributed by atoms with Gasteiger partial charge < -0.3 is 4.74 Å². The number of benzene rings is 2. The summed E-state index contributed by atoms with van der Waals surface area (Å²) >= 11 is 3.32. The molecule has 2 aromatic rings. The zero-order valence-corrected chi connectivity index (χ0v) is 11.5. The van der Waals surface area contributed by atoms with E-state index in [0.29, 0.717) is 5.75 Å². The van der Waals surface area contributed by atoms with Crippen LogP contribution < -0.4 is 4.74 Å². The minimum Gasteiger partial charge on any atom is -0.457 e. The van der Waals surface area contributed by atoms with Crippen LogP contribution in [0.2, 0.25) is 0 Å².